The second-order valence-corrected chi connectivity index (χ2v) is 8.84. The highest BCUT2D eigenvalue weighted by atomic mass is 32.2. The average molecular weight is 341 g/mol. The molecule has 1 unspecified atom stereocenters. The fourth-order valence-electron chi connectivity index (χ4n) is 2.93. The summed E-state index contributed by atoms with van der Waals surface area (Å²) in [6, 6.07) is -0.00934. The van der Waals surface area contributed by atoms with Gasteiger partial charge in [0.1, 0.15) is 0 Å². The van der Waals surface area contributed by atoms with Crippen LogP contribution in [-0.4, -0.2) is 41.7 Å². The van der Waals surface area contributed by atoms with Gasteiger partial charge < -0.3 is 5.32 Å². The zero-order chi connectivity index (χ0) is 17.2. The Bertz CT molecular complexity index is 660. The lowest BCUT2D eigenvalue weighted by Gasteiger charge is -2.14. The summed E-state index contributed by atoms with van der Waals surface area (Å²) in [5, 5.41) is 7.57. The van der Waals surface area contributed by atoms with E-state index in [-0.39, 0.29) is 35.4 Å². The Hall–Kier alpha value is -1.37. The van der Waals surface area contributed by atoms with Crippen LogP contribution in [0, 0.1) is 0 Å². The van der Waals surface area contributed by atoms with E-state index in [9.17, 15) is 13.2 Å². The number of rotatable bonds is 6. The number of aromatic nitrogens is 2. The Labute approximate surface area is 138 Å². The smallest absolute Gasteiger partial charge is 0.254 e. The molecule has 1 aliphatic heterocycles. The van der Waals surface area contributed by atoms with Gasteiger partial charge in [0.15, 0.2) is 9.84 Å². The molecular weight excluding hydrogens is 314 g/mol. The highest BCUT2D eigenvalue weighted by molar-refractivity contribution is 7.91. The summed E-state index contributed by atoms with van der Waals surface area (Å²) >= 11 is 0. The van der Waals surface area contributed by atoms with Crippen LogP contribution in [0.5, 0.6) is 0 Å². The Kier molecular flexibility index (Phi) is 5.49. The minimum absolute atomic E-state index is 0.108. The molecule has 7 heteroatoms. The Morgan fingerprint density at radius 2 is 2.04 bits per heavy atom. The van der Waals surface area contributed by atoms with Gasteiger partial charge in [0.2, 0.25) is 0 Å². The van der Waals surface area contributed by atoms with Crippen molar-refractivity contribution in [1.82, 2.24) is 15.1 Å². The van der Waals surface area contributed by atoms with E-state index < -0.39 is 9.84 Å². The minimum Gasteiger partial charge on any atom is -0.349 e. The normalized spacial score (nSPS) is 20.3. The molecule has 0 bridgehead atoms. The van der Waals surface area contributed by atoms with Gasteiger partial charge in [-0.05, 0) is 25.2 Å². The van der Waals surface area contributed by atoms with E-state index in [0.717, 1.165) is 18.5 Å². The molecule has 1 atom stereocenters. The molecule has 2 rings (SSSR count). The molecule has 1 amide bonds. The first-order valence-corrected chi connectivity index (χ1v) is 10.2. The van der Waals surface area contributed by atoms with Crippen LogP contribution < -0.4 is 5.32 Å². The highest BCUT2D eigenvalue weighted by Crippen LogP contribution is 2.26. The fourth-order valence-corrected chi connectivity index (χ4v) is 4.64. The third-order valence-electron chi connectivity index (χ3n) is 4.46. The molecule has 0 spiro atoms. The van der Waals surface area contributed by atoms with Crippen molar-refractivity contribution in [3.63, 3.8) is 0 Å². The zero-order valence-corrected chi connectivity index (χ0v) is 15.2. The van der Waals surface area contributed by atoms with Gasteiger partial charge in [-0.2, -0.15) is 5.10 Å². The van der Waals surface area contributed by atoms with Gasteiger partial charge in [-0.3, -0.25) is 9.48 Å². The molecule has 1 aliphatic rings. The number of nitrogens with zero attached hydrogens (tertiary/aromatic N) is 2. The van der Waals surface area contributed by atoms with Crippen molar-refractivity contribution in [2.45, 2.75) is 65.0 Å². The van der Waals surface area contributed by atoms with Crippen molar-refractivity contribution in [3.05, 3.63) is 17.5 Å². The number of hydrogen-bond donors (Lipinski definition) is 1. The van der Waals surface area contributed by atoms with Crippen LogP contribution in [0.2, 0.25) is 0 Å². The first-order chi connectivity index (χ1) is 10.8. The van der Waals surface area contributed by atoms with Crippen molar-refractivity contribution >= 4 is 15.7 Å². The molecular formula is C16H27N3O3S. The number of carbonyl (C=O) groups is 1. The summed E-state index contributed by atoms with van der Waals surface area (Å²) in [4.78, 5) is 12.6. The largest absolute Gasteiger partial charge is 0.349 e. The van der Waals surface area contributed by atoms with Crippen LogP contribution in [0.15, 0.2) is 6.20 Å². The molecule has 0 saturated carbocycles. The summed E-state index contributed by atoms with van der Waals surface area (Å²) in [6.45, 7) is 8.08. The van der Waals surface area contributed by atoms with Gasteiger partial charge in [-0.25, -0.2) is 8.42 Å². The topological polar surface area (TPSA) is 81.1 Å². The SMILES string of the molecule is CCC(CC)NC(=O)c1cn(C2CCS(=O)(=O)C2)nc1C(C)C. The molecule has 6 nitrogen and oxygen atoms in total. The van der Waals surface area contributed by atoms with Crippen LogP contribution in [0.3, 0.4) is 0 Å². The van der Waals surface area contributed by atoms with E-state index in [1.54, 1.807) is 10.9 Å². The van der Waals surface area contributed by atoms with Gasteiger partial charge >= 0.3 is 0 Å². The summed E-state index contributed by atoms with van der Waals surface area (Å²) in [5.41, 5.74) is 1.30. The van der Waals surface area contributed by atoms with Crippen LogP contribution in [0.25, 0.3) is 0 Å². The maximum Gasteiger partial charge on any atom is 0.254 e. The van der Waals surface area contributed by atoms with Gasteiger partial charge in [-0.15, -0.1) is 0 Å². The molecule has 1 saturated heterocycles. The number of carbonyl (C=O) groups excluding carboxylic acids is 1. The summed E-state index contributed by atoms with van der Waals surface area (Å²) in [6.07, 6.45) is 4.05. The number of nitrogens with one attached hydrogen (secondary N) is 1. The summed E-state index contributed by atoms with van der Waals surface area (Å²) in [5.74, 6) is 0.301. The molecule has 1 aromatic rings. The molecule has 130 valence electrons. The first kappa shape index (κ1) is 18.0. The predicted molar refractivity (Wildman–Crippen MR) is 90.5 cm³/mol. The van der Waals surface area contributed by atoms with Crippen LogP contribution >= 0.6 is 0 Å². The van der Waals surface area contributed by atoms with E-state index in [2.05, 4.69) is 10.4 Å². The molecule has 1 fully saturated rings. The van der Waals surface area contributed by atoms with E-state index in [1.807, 2.05) is 27.7 Å². The maximum absolute atomic E-state index is 12.6. The van der Waals surface area contributed by atoms with E-state index in [1.165, 1.54) is 0 Å². The van der Waals surface area contributed by atoms with Crippen molar-refractivity contribution in [3.8, 4) is 0 Å². The Morgan fingerprint density at radius 3 is 2.52 bits per heavy atom. The lowest BCUT2D eigenvalue weighted by atomic mass is 10.1. The first-order valence-electron chi connectivity index (χ1n) is 8.37. The highest BCUT2D eigenvalue weighted by Gasteiger charge is 2.31. The average Bonchev–Trinajstić information content (AvgIpc) is 3.07. The maximum atomic E-state index is 12.6. The van der Waals surface area contributed by atoms with Crippen molar-refractivity contribution < 1.29 is 13.2 Å². The van der Waals surface area contributed by atoms with Crippen molar-refractivity contribution in [1.29, 1.82) is 0 Å². The molecule has 1 N–H and O–H groups in total. The summed E-state index contributed by atoms with van der Waals surface area (Å²) < 4.78 is 25.0. The predicted octanol–water partition coefficient (Wildman–Crippen LogP) is 2.28. The zero-order valence-electron chi connectivity index (χ0n) is 14.4. The third kappa shape index (κ3) is 4.13. The van der Waals surface area contributed by atoms with Crippen molar-refractivity contribution in [2.75, 3.05) is 11.5 Å². The lowest BCUT2D eigenvalue weighted by Crippen LogP contribution is -2.34. The lowest BCUT2D eigenvalue weighted by molar-refractivity contribution is 0.0933. The number of hydrogen-bond acceptors (Lipinski definition) is 4. The standard InChI is InChI=1S/C16H27N3O3S/c1-5-12(6-2)17-16(20)14-9-19(18-15(14)11(3)4)13-7-8-23(21,22)10-13/h9,11-13H,5-8,10H2,1-4H3,(H,17,20). The summed E-state index contributed by atoms with van der Waals surface area (Å²) in [7, 11) is -2.98. The Balaban J connectivity index is 2.27. The van der Waals surface area contributed by atoms with E-state index >= 15 is 0 Å². The quantitative estimate of drug-likeness (QED) is 0.861. The molecule has 1 aromatic heterocycles. The van der Waals surface area contributed by atoms with E-state index in [0.29, 0.717) is 12.0 Å². The van der Waals surface area contributed by atoms with Crippen LogP contribution in [-0.2, 0) is 9.84 Å². The molecule has 23 heavy (non-hydrogen) atoms. The number of sulfone groups is 1. The van der Waals surface area contributed by atoms with Gasteiger partial charge in [0, 0.05) is 12.2 Å². The number of amides is 1. The monoisotopic (exact) mass is 341 g/mol. The van der Waals surface area contributed by atoms with Crippen molar-refractivity contribution in [2.24, 2.45) is 0 Å². The fraction of sp³-hybridized carbons (Fsp3) is 0.750. The van der Waals surface area contributed by atoms with Gasteiger partial charge in [-0.1, -0.05) is 27.7 Å². The Morgan fingerprint density at radius 1 is 1.39 bits per heavy atom. The minimum atomic E-state index is -2.98. The van der Waals surface area contributed by atoms with Crippen LogP contribution in [0.4, 0.5) is 0 Å². The molecule has 0 aliphatic carbocycles. The molecule has 0 radical (unpaired) electrons. The van der Waals surface area contributed by atoms with Gasteiger partial charge in [0.25, 0.3) is 5.91 Å². The van der Waals surface area contributed by atoms with E-state index in [4.69, 9.17) is 0 Å². The van der Waals surface area contributed by atoms with Gasteiger partial charge in [0.05, 0.1) is 28.8 Å². The molecule has 2 heterocycles. The third-order valence-corrected chi connectivity index (χ3v) is 6.21. The molecule has 0 aromatic carbocycles. The second-order valence-electron chi connectivity index (χ2n) is 6.61. The second kappa shape index (κ2) is 7.03. The van der Waals surface area contributed by atoms with Crippen LogP contribution in [0.1, 0.15) is 75.0 Å².